The van der Waals surface area contributed by atoms with Crippen LogP contribution in [-0.4, -0.2) is 28.8 Å². The Kier molecular flexibility index (Phi) is 6.84. The van der Waals surface area contributed by atoms with Crippen molar-refractivity contribution < 1.29 is 9.53 Å². The molecule has 34 heavy (non-hydrogen) atoms. The van der Waals surface area contributed by atoms with Crippen LogP contribution in [0.15, 0.2) is 82.4 Å². The van der Waals surface area contributed by atoms with Crippen LogP contribution in [-0.2, 0) is 21.5 Å². The molecule has 0 radical (unpaired) electrons. The maximum Gasteiger partial charge on any atom is 0.217 e. The minimum atomic E-state index is -0.929. The molecule has 176 valence electrons. The van der Waals surface area contributed by atoms with E-state index < -0.39 is 17.2 Å². The molecule has 0 fully saturated rings. The summed E-state index contributed by atoms with van der Waals surface area (Å²) >= 11 is 0. The number of aromatic nitrogens is 1. The van der Waals surface area contributed by atoms with Crippen LogP contribution in [0.2, 0.25) is 0 Å². The Morgan fingerprint density at radius 3 is 2.56 bits per heavy atom. The van der Waals surface area contributed by atoms with Gasteiger partial charge in [-0.1, -0.05) is 42.5 Å². The third-order valence-electron chi connectivity index (χ3n) is 6.06. The highest BCUT2D eigenvalue weighted by Crippen LogP contribution is 2.42. The summed E-state index contributed by atoms with van der Waals surface area (Å²) in [4.78, 5) is 16.0. The van der Waals surface area contributed by atoms with Gasteiger partial charge in [-0.15, -0.1) is 10.2 Å². The first-order valence-corrected chi connectivity index (χ1v) is 11.6. The van der Waals surface area contributed by atoms with Crippen LogP contribution >= 0.6 is 0 Å². The van der Waals surface area contributed by atoms with Gasteiger partial charge < -0.3 is 10.5 Å². The number of pyridine rings is 1. The van der Waals surface area contributed by atoms with Crippen LogP contribution in [0, 0.1) is 5.92 Å². The van der Waals surface area contributed by atoms with Gasteiger partial charge in [0.15, 0.2) is 5.54 Å². The van der Waals surface area contributed by atoms with Crippen molar-refractivity contribution in [1.29, 1.82) is 0 Å². The Morgan fingerprint density at radius 1 is 1.09 bits per heavy atom. The van der Waals surface area contributed by atoms with Crippen molar-refractivity contribution in [1.82, 2.24) is 4.98 Å². The number of carbonyl (C=O) groups excluding carboxylic acids is 1. The molecule has 3 atom stereocenters. The lowest BCUT2D eigenvalue weighted by Crippen LogP contribution is -2.49. The zero-order valence-electron chi connectivity index (χ0n) is 19.9. The number of amides is 1. The van der Waals surface area contributed by atoms with Crippen molar-refractivity contribution in [3.63, 3.8) is 0 Å². The number of carbonyl (C=O) groups is 1. The van der Waals surface area contributed by atoms with E-state index in [9.17, 15) is 4.79 Å². The van der Waals surface area contributed by atoms with Gasteiger partial charge in [-0.3, -0.25) is 9.78 Å². The molecule has 3 unspecified atom stereocenters. The van der Waals surface area contributed by atoms with Crippen LogP contribution < -0.4 is 5.73 Å². The van der Waals surface area contributed by atoms with E-state index in [0.29, 0.717) is 12.8 Å². The number of nitrogens with zero attached hydrogens (tertiary/aromatic N) is 4. The standard InChI is InChI=1S/C27H31N5O2/c1-26(2,3)34-25(21(10-12-24(28)33)15-19-7-5-4-6-8-19)27(18-30-32-31-27)23-11-9-22-17-29-14-13-20(22)16-23/h4-9,11,13-14,16-18,21,25H,10,12,15H2,1-3H3,(H2,28,33). The molecule has 0 spiro atoms. The second-order valence-electron chi connectivity index (χ2n) is 9.80. The average molecular weight is 458 g/mol. The molecule has 7 nitrogen and oxygen atoms in total. The molecule has 1 amide bonds. The van der Waals surface area contributed by atoms with Gasteiger partial charge >= 0.3 is 0 Å². The van der Waals surface area contributed by atoms with Crippen molar-refractivity contribution in [2.75, 3.05) is 0 Å². The van der Waals surface area contributed by atoms with Gasteiger partial charge in [0.1, 0.15) is 0 Å². The Morgan fingerprint density at radius 2 is 1.88 bits per heavy atom. The first kappa shape index (κ1) is 23.7. The number of rotatable bonds is 9. The van der Waals surface area contributed by atoms with E-state index in [1.54, 1.807) is 12.4 Å². The minimum absolute atomic E-state index is 0.0641. The topological polar surface area (TPSA) is 102 Å². The van der Waals surface area contributed by atoms with Crippen LogP contribution in [0.1, 0.15) is 44.7 Å². The SMILES string of the molecule is CC(C)(C)OC(C(CCC(N)=O)Cc1ccccc1)C1(c2ccc3cnccc3c2)C=NN=N1. The maximum atomic E-state index is 11.8. The number of benzene rings is 2. The number of fused-ring (bicyclic) bond motifs is 1. The van der Waals surface area contributed by atoms with Gasteiger partial charge in [-0.05, 0) is 73.4 Å². The smallest absolute Gasteiger partial charge is 0.217 e. The summed E-state index contributed by atoms with van der Waals surface area (Å²) in [6.07, 6.45) is 6.48. The second-order valence-corrected chi connectivity index (χ2v) is 9.80. The van der Waals surface area contributed by atoms with Crippen molar-refractivity contribution in [2.45, 2.75) is 57.3 Å². The zero-order chi connectivity index (χ0) is 24.2. The van der Waals surface area contributed by atoms with E-state index in [4.69, 9.17) is 10.5 Å². The summed E-state index contributed by atoms with van der Waals surface area (Å²) in [5.74, 6) is -0.396. The molecular weight excluding hydrogens is 426 g/mol. The van der Waals surface area contributed by atoms with Crippen molar-refractivity contribution in [3.8, 4) is 0 Å². The third-order valence-corrected chi connectivity index (χ3v) is 6.06. The summed E-state index contributed by atoms with van der Waals surface area (Å²) in [6, 6.07) is 18.3. The molecule has 4 rings (SSSR count). The van der Waals surface area contributed by atoms with E-state index in [-0.39, 0.29) is 18.2 Å². The Hall–Kier alpha value is -3.45. The number of nitrogens with two attached hydrogens (primary N) is 1. The van der Waals surface area contributed by atoms with Gasteiger partial charge in [0.25, 0.3) is 0 Å². The van der Waals surface area contributed by atoms with Crippen LogP contribution in [0.25, 0.3) is 10.8 Å². The number of hydrogen-bond donors (Lipinski definition) is 1. The van der Waals surface area contributed by atoms with E-state index in [2.05, 4.69) is 38.6 Å². The summed E-state index contributed by atoms with van der Waals surface area (Å²) in [5.41, 5.74) is 6.26. The minimum Gasteiger partial charge on any atom is -0.370 e. The predicted octanol–water partition coefficient (Wildman–Crippen LogP) is 5.19. The van der Waals surface area contributed by atoms with E-state index in [1.165, 1.54) is 0 Å². The van der Waals surface area contributed by atoms with Crippen molar-refractivity contribution in [2.24, 2.45) is 27.1 Å². The van der Waals surface area contributed by atoms with E-state index in [1.807, 2.05) is 63.4 Å². The molecule has 0 aliphatic carbocycles. The van der Waals surface area contributed by atoms with Gasteiger partial charge in [-0.2, -0.15) is 0 Å². The normalized spacial score (nSPS) is 19.4. The summed E-state index contributed by atoms with van der Waals surface area (Å²) in [6.45, 7) is 6.07. The van der Waals surface area contributed by atoms with Crippen molar-refractivity contribution in [3.05, 3.63) is 78.1 Å². The zero-order valence-corrected chi connectivity index (χ0v) is 19.9. The highest BCUT2D eigenvalue weighted by Gasteiger charge is 2.48. The fraction of sp³-hybridized carbons (Fsp3) is 0.370. The molecule has 0 saturated heterocycles. The molecule has 1 aliphatic heterocycles. The highest BCUT2D eigenvalue weighted by molar-refractivity contribution is 5.85. The lowest BCUT2D eigenvalue weighted by Gasteiger charge is -2.41. The number of ether oxygens (including phenoxy) is 1. The molecule has 0 saturated carbocycles. The van der Waals surface area contributed by atoms with Gasteiger partial charge in [0, 0.05) is 24.2 Å². The molecule has 1 aliphatic rings. The number of primary amides is 1. The third kappa shape index (κ3) is 5.37. The summed E-state index contributed by atoms with van der Waals surface area (Å²) < 4.78 is 6.75. The van der Waals surface area contributed by atoms with Crippen molar-refractivity contribution >= 4 is 22.9 Å². The molecular formula is C27H31N5O2. The number of hydrogen-bond acceptors (Lipinski definition) is 6. The van der Waals surface area contributed by atoms with Crippen LogP contribution in [0.5, 0.6) is 0 Å². The summed E-state index contributed by atoms with van der Waals surface area (Å²) in [7, 11) is 0. The van der Waals surface area contributed by atoms with Gasteiger partial charge in [0.2, 0.25) is 5.91 Å². The second kappa shape index (κ2) is 9.81. The molecule has 2 heterocycles. The van der Waals surface area contributed by atoms with Crippen LogP contribution in [0.4, 0.5) is 0 Å². The Bertz CT molecular complexity index is 1190. The monoisotopic (exact) mass is 457 g/mol. The lowest BCUT2D eigenvalue weighted by atomic mass is 9.75. The predicted molar refractivity (Wildman–Crippen MR) is 133 cm³/mol. The molecule has 1 aromatic heterocycles. The molecule has 2 aromatic carbocycles. The maximum absolute atomic E-state index is 11.8. The van der Waals surface area contributed by atoms with E-state index >= 15 is 0 Å². The quantitative estimate of drug-likeness (QED) is 0.478. The molecule has 7 heteroatoms. The lowest BCUT2D eigenvalue weighted by molar-refractivity contribution is -0.121. The Labute approximate surface area is 200 Å². The molecule has 2 N–H and O–H groups in total. The molecule has 3 aromatic rings. The van der Waals surface area contributed by atoms with Gasteiger partial charge in [0.05, 0.1) is 17.9 Å². The first-order chi connectivity index (χ1) is 16.3. The fourth-order valence-electron chi connectivity index (χ4n) is 4.53. The first-order valence-electron chi connectivity index (χ1n) is 11.6. The van der Waals surface area contributed by atoms with Crippen LogP contribution in [0.3, 0.4) is 0 Å². The highest BCUT2D eigenvalue weighted by atomic mass is 16.5. The fourth-order valence-corrected chi connectivity index (χ4v) is 4.53. The average Bonchev–Trinajstić information content (AvgIpc) is 3.31. The van der Waals surface area contributed by atoms with Gasteiger partial charge in [-0.25, -0.2) is 0 Å². The summed E-state index contributed by atoms with van der Waals surface area (Å²) in [5, 5.41) is 15.0. The Balaban J connectivity index is 1.83. The largest absolute Gasteiger partial charge is 0.370 e. The molecule has 0 bridgehead atoms. The van der Waals surface area contributed by atoms with E-state index in [0.717, 1.165) is 21.9 Å².